The Morgan fingerprint density at radius 1 is 1.04 bits per heavy atom. The zero-order chi connectivity index (χ0) is 17.9. The Morgan fingerprint density at radius 2 is 1.81 bits per heavy atom. The van der Waals surface area contributed by atoms with E-state index in [2.05, 4.69) is 15.3 Å². The fraction of sp³-hybridized carbons (Fsp3) is 0.150. The third-order valence-corrected chi connectivity index (χ3v) is 4.42. The maximum Gasteiger partial charge on any atom is 0.256 e. The third-order valence-electron chi connectivity index (χ3n) is 4.42. The van der Waals surface area contributed by atoms with Crippen molar-refractivity contribution in [2.75, 3.05) is 5.32 Å². The number of amides is 1. The molecule has 0 radical (unpaired) electrons. The summed E-state index contributed by atoms with van der Waals surface area (Å²) in [7, 11) is 0. The van der Waals surface area contributed by atoms with E-state index < -0.39 is 0 Å². The molecule has 6 heteroatoms. The Kier molecular flexibility index (Phi) is 4.23. The number of rotatable bonds is 4. The molecule has 130 valence electrons. The number of fused-ring (bicyclic) bond motifs is 1. The molecule has 1 amide bonds. The molecule has 1 atom stereocenters. The number of aromatic amines is 1. The van der Waals surface area contributed by atoms with Crippen molar-refractivity contribution in [2.45, 2.75) is 18.9 Å². The molecule has 0 aliphatic carbocycles. The quantitative estimate of drug-likeness (QED) is 0.760. The number of carbonyl (C=O) groups excluding carboxylic acids is 1. The van der Waals surface area contributed by atoms with Gasteiger partial charge in [0.1, 0.15) is 18.2 Å². The zero-order valence-electron chi connectivity index (χ0n) is 13.9. The van der Waals surface area contributed by atoms with Crippen molar-refractivity contribution in [1.82, 2.24) is 9.97 Å². The second kappa shape index (κ2) is 6.84. The molecule has 0 spiro atoms. The van der Waals surface area contributed by atoms with Gasteiger partial charge in [-0.25, -0.2) is 4.98 Å². The number of aromatic nitrogens is 2. The average Bonchev–Trinajstić information content (AvgIpc) is 2.67. The van der Waals surface area contributed by atoms with Crippen molar-refractivity contribution in [1.29, 1.82) is 0 Å². The van der Waals surface area contributed by atoms with Crippen LogP contribution in [-0.4, -0.2) is 15.9 Å². The van der Waals surface area contributed by atoms with Crippen LogP contribution in [0.15, 0.2) is 65.7 Å². The SMILES string of the molecule is O=C1CC(c2ccc(OCc3ccccc3)cc2)c2c(nc[nH]c2=O)N1. The van der Waals surface area contributed by atoms with Crippen molar-refractivity contribution < 1.29 is 9.53 Å². The Balaban J connectivity index is 1.56. The van der Waals surface area contributed by atoms with Crippen molar-refractivity contribution >= 4 is 11.7 Å². The van der Waals surface area contributed by atoms with Crippen molar-refractivity contribution in [2.24, 2.45) is 0 Å². The van der Waals surface area contributed by atoms with Crippen LogP contribution in [0.3, 0.4) is 0 Å². The number of carbonyl (C=O) groups is 1. The number of anilines is 1. The molecular weight excluding hydrogens is 330 g/mol. The number of hydrogen-bond donors (Lipinski definition) is 2. The Morgan fingerprint density at radius 3 is 2.58 bits per heavy atom. The van der Waals surface area contributed by atoms with Crippen LogP contribution in [0.2, 0.25) is 0 Å². The van der Waals surface area contributed by atoms with Crippen LogP contribution in [0.25, 0.3) is 0 Å². The first-order valence-corrected chi connectivity index (χ1v) is 8.35. The molecule has 0 saturated carbocycles. The van der Waals surface area contributed by atoms with Crippen molar-refractivity contribution in [3.8, 4) is 5.75 Å². The molecule has 2 heterocycles. The highest BCUT2D eigenvalue weighted by molar-refractivity contribution is 5.94. The van der Waals surface area contributed by atoms with Crippen molar-refractivity contribution in [3.63, 3.8) is 0 Å². The lowest BCUT2D eigenvalue weighted by Crippen LogP contribution is -2.30. The first-order chi connectivity index (χ1) is 12.7. The second-order valence-corrected chi connectivity index (χ2v) is 6.14. The van der Waals surface area contributed by atoms with Crippen LogP contribution in [0.1, 0.15) is 29.0 Å². The largest absolute Gasteiger partial charge is 0.489 e. The topological polar surface area (TPSA) is 84.1 Å². The van der Waals surface area contributed by atoms with Gasteiger partial charge in [-0.15, -0.1) is 0 Å². The minimum atomic E-state index is -0.320. The van der Waals surface area contributed by atoms with Gasteiger partial charge >= 0.3 is 0 Å². The first kappa shape index (κ1) is 16.1. The van der Waals surface area contributed by atoms with Crippen LogP contribution >= 0.6 is 0 Å². The van der Waals surface area contributed by atoms with E-state index in [1.165, 1.54) is 6.33 Å². The second-order valence-electron chi connectivity index (χ2n) is 6.14. The summed E-state index contributed by atoms with van der Waals surface area (Å²) in [6.07, 6.45) is 1.51. The fourth-order valence-electron chi connectivity index (χ4n) is 3.13. The molecule has 26 heavy (non-hydrogen) atoms. The van der Waals surface area contributed by atoms with Crippen molar-refractivity contribution in [3.05, 3.63) is 88.0 Å². The van der Waals surface area contributed by atoms with Gasteiger partial charge in [0.25, 0.3) is 5.56 Å². The normalized spacial score (nSPS) is 15.8. The number of hydrogen-bond acceptors (Lipinski definition) is 4. The standard InChI is InChI=1S/C20H17N3O3/c24-17-10-16(18-19(23-17)21-12-22-20(18)25)14-6-8-15(9-7-14)26-11-13-4-2-1-3-5-13/h1-9,12,16H,10-11H2,(H2,21,22,23,24,25). The molecule has 6 nitrogen and oxygen atoms in total. The summed E-state index contributed by atoms with van der Waals surface area (Å²) in [5, 5.41) is 2.66. The molecule has 0 bridgehead atoms. The predicted octanol–water partition coefficient (Wildman–Crippen LogP) is 2.82. The Hall–Kier alpha value is -3.41. The van der Waals surface area contributed by atoms with Gasteiger partial charge in [0, 0.05) is 12.3 Å². The third kappa shape index (κ3) is 3.21. The van der Waals surface area contributed by atoms with Gasteiger partial charge in [-0.2, -0.15) is 0 Å². The van der Waals surface area contributed by atoms with E-state index in [9.17, 15) is 9.59 Å². The van der Waals surface area contributed by atoms with Gasteiger partial charge in [-0.1, -0.05) is 42.5 Å². The van der Waals surface area contributed by atoms with Gasteiger partial charge in [-0.3, -0.25) is 9.59 Å². The number of nitrogens with zero attached hydrogens (tertiary/aromatic N) is 1. The van der Waals surface area contributed by atoms with E-state index >= 15 is 0 Å². The van der Waals surface area contributed by atoms with Crippen LogP contribution in [0.5, 0.6) is 5.75 Å². The van der Waals surface area contributed by atoms with E-state index in [0.29, 0.717) is 18.0 Å². The lowest BCUT2D eigenvalue weighted by Gasteiger charge is -2.23. The summed E-state index contributed by atoms with van der Waals surface area (Å²) in [6, 6.07) is 17.4. The minimum absolute atomic E-state index is 0.148. The van der Waals surface area contributed by atoms with Gasteiger partial charge in [0.2, 0.25) is 5.91 Å². The Bertz CT molecular complexity index is 981. The molecule has 0 fully saturated rings. The van der Waals surface area contributed by atoms with E-state index in [0.717, 1.165) is 16.9 Å². The molecule has 3 aromatic rings. The van der Waals surface area contributed by atoms with Gasteiger partial charge in [0.05, 0.1) is 11.9 Å². The van der Waals surface area contributed by atoms with Crippen LogP contribution in [0, 0.1) is 0 Å². The molecule has 4 rings (SSSR count). The highest BCUT2D eigenvalue weighted by Crippen LogP contribution is 2.34. The molecule has 0 saturated heterocycles. The molecule has 2 N–H and O–H groups in total. The fourth-order valence-corrected chi connectivity index (χ4v) is 3.13. The summed E-state index contributed by atoms with van der Waals surface area (Å²) < 4.78 is 5.79. The highest BCUT2D eigenvalue weighted by Gasteiger charge is 2.30. The zero-order valence-corrected chi connectivity index (χ0v) is 13.9. The molecule has 1 aliphatic heterocycles. The summed E-state index contributed by atoms with van der Waals surface area (Å²) in [5.41, 5.74) is 2.23. The van der Waals surface area contributed by atoms with Gasteiger partial charge in [-0.05, 0) is 23.3 Å². The van der Waals surface area contributed by atoms with Crippen LogP contribution in [-0.2, 0) is 11.4 Å². The number of ether oxygens (including phenoxy) is 1. The number of H-pyrrole nitrogens is 1. The van der Waals surface area contributed by atoms with Gasteiger partial charge < -0.3 is 15.0 Å². The summed E-state index contributed by atoms with van der Waals surface area (Å²) in [4.78, 5) is 30.8. The minimum Gasteiger partial charge on any atom is -0.489 e. The smallest absolute Gasteiger partial charge is 0.256 e. The van der Waals surface area contributed by atoms with Crippen LogP contribution in [0.4, 0.5) is 5.82 Å². The summed E-state index contributed by atoms with van der Waals surface area (Å²) in [5.74, 6) is 0.599. The molecule has 1 aliphatic rings. The summed E-state index contributed by atoms with van der Waals surface area (Å²) >= 11 is 0. The predicted molar refractivity (Wildman–Crippen MR) is 97.2 cm³/mol. The summed E-state index contributed by atoms with van der Waals surface area (Å²) in [6.45, 7) is 0.485. The van der Waals surface area contributed by atoms with E-state index in [1.54, 1.807) is 0 Å². The molecular formula is C20H17N3O3. The van der Waals surface area contributed by atoms with Crippen LogP contribution < -0.4 is 15.6 Å². The molecule has 1 aromatic heterocycles. The first-order valence-electron chi connectivity index (χ1n) is 8.35. The number of nitrogens with one attached hydrogen (secondary N) is 2. The lowest BCUT2D eigenvalue weighted by molar-refractivity contribution is -0.116. The van der Waals surface area contributed by atoms with E-state index in [4.69, 9.17) is 4.74 Å². The Labute approximate surface area is 149 Å². The van der Waals surface area contributed by atoms with Gasteiger partial charge in [0.15, 0.2) is 0 Å². The monoisotopic (exact) mass is 347 g/mol. The lowest BCUT2D eigenvalue weighted by atomic mass is 9.87. The maximum absolute atomic E-state index is 12.2. The average molecular weight is 347 g/mol. The highest BCUT2D eigenvalue weighted by atomic mass is 16.5. The number of benzene rings is 2. The van der Waals surface area contributed by atoms with E-state index in [1.807, 2.05) is 54.6 Å². The molecule has 1 unspecified atom stereocenters. The van der Waals surface area contributed by atoms with E-state index in [-0.39, 0.29) is 23.8 Å². The maximum atomic E-state index is 12.2. The molecule has 2 aromatic carbocycles.